The van der Waals surface area contributed by atoms with Gasteiger partial charge in [-0.15, -0.1) is 13.2 Å². The van der Waals surface area contributed by atoms with Crippen molar-refractivity contribution in [2.45, 2.75) is 24.7 Å². The first kappa shape index (κ1) is 28.9. The van der Waals surface area contributed by atoms with Crippen molar-refractivity contribution < 1.29 is 39.6 Å². The molecule has 0 saturated heterocycles. The van der Waals surface area contributed by atoms with Crippen molar-refractivity contribution >= 4 is 23.6 Å². The van der Waals surface area contributed by atoms with Gasteiger partial charge in [-0.25, -0.2) is 0 Å². The molecule has 0 radical (unpaired) electrons. The van der Waals surface area contributed by atoms with Crippen LogP contribution in [0.5, 0.6) is 0 Å². The summed E-state index contributed by atoms with van der Waals surface area (Å²) < 4.78 is 0. The lowest BCUT2D eigenvalue weighted by Crippen LogP contribution is -2.51. The highest BCUT2D eigenvalue weighted by Gasteiger charge is 2.29. The maximum atomic E-state index is 11.2. The normalized spacial score (nSPS) is 13.5. The average molecular weight is 428 g/mol. The van der Waals surface area contributed by atoms with Crippen molar-refractivity contribution in [1.29, 1.82) is 0 Å². The molecule has 4 amide bonds. The van der Waals surface area contributed by atoms with Gasteiger partial charge < -0.3 is 41.7 Å². The molecule has 0 aliphatic heterocycles. The molecule has 0 heterocycles. The number of amides is 4. The van der Waals surface area contributed by atoms with E-state index in [0.29, 0.717) is 0 Å². The van der Waals surface area contributed by atoms with Crippen LogP contribution < -0.4 is 21.3 Å². The molecule has 0 spiro atoms. The molecule has 0 aromatic rings. The van der Waals surface area contributed by atoms with Gasteiger partial charge in [0.15, 0.2) is 24.7 Å². The smallest absolute Gasteiger partial charge is 0.252 e. The number of rotatable bonds is 12. The number of aliphatic hydroxyl groups excluding tert-OH is 4. The predicted molar refractivity (Wildman–Crippen MR) is 107 cm³/mol. The Morgan fingerprint density at radius 1 is 0.667 bits per heavy atom. The fourth-order valence-corrected chi connectivity index (χ4v) is 1.41. The van der Waals surface area contributed by atoms with Crippen molar-refractivity contribution in [3.05, 3.63) is 50.6 Å². The van der Waals surface area contributed by atoms with Crippen LogP contribution in [0.4, 0.5) is 0 Å². The van der Waals surface area contributed by atoms with Crippen molar-refractivity contribution in [2.75, 3.05) is 13.1 Å². The molecule has 0 aliphatic rings. The summed E-state index contributed by atoms with van der Waals surface area (Å²) in [5, 5.41) is 45.2. The molecular formula is C18H28N4O8. The maximum absolute atomic E-state index is 11.2. The summed E-state index contributed by atoms with van der Waals surface area (Å²) in [6.45, 7) is 13.3. The summed E-state index contributed by atoms with van der Waals surface area (Å²) in [6, 6.07) is 0. The Kier molecular flexibility index (Phi) is 16.0. The van der Waals surface area contributed by atoms with Gasteiger partial charge in [0.25, 0.3) is 11.8 Å². The Morgan fingerprint density at radius 3 is 1.20 bits per heavy atom. The minimum Gasteiger partial charge on any atom is -0.380 e. The van der Waals surface area contributed by atoms with Crippen LogP contribution in [0, 0.1) is 0 Å². The first-order chi connectivity index (χ1) is 14.0. The van der Waals surface area contributed by atoms with E-state index in [0.717, 1.165) is 12.2 Å². The minimum absolute atomic E-state index is 0.150. The Hall–Kier alpha value is -3.32. The highest BCUT2D eigenvalue weighted by atomic mass is 16.4. The minimum atomic E-state index is -1.80. The summed E-state index contributed by atoms with van der Waals surface area (Å²) >= 11 is 0. The fourth-order valence-electron chi connectivity index (χ4n) is 1.41. The first-order valence-electron chi connectivity index (χ1n) is 8.40. The average Bonchev–Trinajstić information content (AvgIpc) is 2.74. The van der Waals surface area contributed by atoms with Gasteiger partial charge in [-0.3, -0.25) is 19.2 Å². The van der Waals surface area contributed by atoms with E-state index in [1.807, 2.05) is 10.6 Å². The van der Waals surface area contributed by atoms with Crippen molar-refractivity contribution in [3.63, 3.8) is 0 Å². The quantitative estimate of drug-likeness (QED) is 0.0891. The topological polar surface area (TPSA) is 197 Å². The third kappa shape index (κ3) is 13.0. The second-order valence-electron chi connectivity index (χ2n) is 5.27. The number of carbonyl (C=O) groups excluding carboxylic acids is 4. The van der Waals surface area contributed by atoms with Crippen LogP contribution in [-0.2, 0) is 19.2 Å². The summed E-state index contributed by atoms with van der Waals surface area (Å²) in [5.74, 6) is -2.99. The Bertz CT molecular complexity index is 584. The van der Waals surface area contributed by atoms with Crippen LogP contribution >= 0.6 is 0 Å². The largest absolute Gasteiger partial charge is 0.380 e. The molecule has 4 unspecified atom stereocenters. The second-order valence-corrected chi connectivity index (χ2v) is 5.27. The lowest BCUT2D eigenvalue weighted by Gasteiger charge is -2.18. The van der Waals surface area contributed by atoms with Gasteiger partial charge in [0, 0.05) is 13.1 Å². The fraction of sp³-hybridized carbons (Fsp3) is 0.333. The molecule has 12 nitrogen and oxygen atoms in total. The molecule has 0 fully saturated rings. The number of aliphatic hydroxyl groups is 4. The highest BCUT2D eigenvalue weighted by Crippen LogP contribution is 1.94. The molecule has 0 saturated carbocycles. The van der Waals surface area contributed by atoms with E-state index < -0.39 is 48.3 Å². The van der Waals surface area contributed by atoms with E-state index in [2.05, 4.69) is 36.9 Å². The zero-order valence-corrected chi connectivity index (χ0v) is 16.3. The molecule has 0 aliphatic carbocycles. The first-order valence-corrected chi connectivity index (χ1v) is 8.40. The molecule has 8 N–H and O–H groups in total. The molecule has 0 rings (SSSR count). The van der Waals surface area contributed by atoms with Gasteiger partial charge in [-0.05, 0) is 12.2 Å². The van der Waals surface area contributed by atoms with Crippen LogP contribution in [0.2, 0.25) is 0 Å². The molecule has 4 atom stereocenters. The standard InChI is InChI=1S/C10H16N2O4.C8H12N2O4/c1-3-5-11-9(15)7(13)8(14)10(16)12-6-4-2;1-3-5(11)9-7(13)8(14)10-6(12)4-2/h3-4,7-8,13-14H,1-2,5-6H2,(H,11,15)(H,12,16);3-4,7-8,13-14H,1-2H2,(H,9,11)(H,10,12). The number of hydrogen-bond acceptors (Lipinski definition) is 8. The van der Waals surface area contributed by atoms with Crippen molar-refractivity contribution in [1.82, 2.24) is 21.3 Å². The van der Waals surface area contributed by atoms with E-state index in [-0.39, 0.29) is 13.1 Å². The van der Waals surface area contributed by atoms with Crippen LogP contribution in [0.15, 0.2) is 50.6 Å². The van der Waals surface area contributed by atoms with E-state index in [1.54, 1.807) is 0 Å². The van der Waals surface area contributed by atoms with Gasteiger partial charge >= 0.3 is 0 Å². The molecule has 0 aromatic heterocycles. The number of hydrogen-bond donors (Lipinski definition) is 8. The van der Waals surface area contributed by atoms with Crippen LogP contribution in [0.1, 0.15) is 0 Å². The summed E-state index contributed by atoms with van der Waals surface area (Å²) in [7, 11) is 0. The van der Waals surface area contributed by atoms with E-state index in [1.165, 1.54) is 12.2 Å². The van der Waals surface area contributed by atoms with Gasteiger partial charge in [-0.1, -0.05) is 25.3 Å². The zero-order valence-electron chi connectivity index (χ0n) is 16.3. The monoisotopic (exact) mass is 428 g/mol. The molecule has 0 bridgehead atoms. The molecule has 12 heteroatoms. The Labute approximate surface area is 173 Å². The number of carbonyl (C=O) groups is 4. The second kappa shape index (κ2) is 16.6. The van der Waals surface area contributed by atoms with Crippen molar-refractivity contribution in [3.8, 4) is 0 Å². The van der Waals surface area contributed by atoms with Crippen LogP contribution in [-0.4, -0.2) is 81.8 Å². The van der Waals surface area contributed by atoms with Gasteiger partial charge in [0.05, 0.1) is 0 Å². The summed E-state index contributed by atoms with van der Waals surface area (Å²) in [4.78, 5) is 43.6. The predicted octanol–water partition coefficient (Wildman–Crippen LogP) is -3.46. The third-order valence-electron chi connectivity index (χ3n) is 2.93. The third-order valence-corrected chi connectivity index (χ3v) is 2.93. The van der Waals surface area contributed by atoms with E-state index in [9.17, 15) is 29.4 Å². The van der Waals surface area contributed by atoms with Crippen LogP contribution in [0.25, 0.3) is 0 Å². The lowest BCUT2D eigenvalue weighted by atomic mass is 10.2. The Balaban J connectivity index is 0. The van der Waals surface area contributed by atoms with Gasteiger partial charge in [0.1, 0.15) is 0 Å². The SMILES string of the molecule is C=CC(=O)NC(O)C(O)NC(=O)C=C.C=CCNC(=O)C(O)C(O)C(=O)NCC=C. The molecule has 30 heavy (non-hydrogen) atoms. The Morgan fingerprint density at radius 2 is 0.967 bits per heavy atom. The zero-order chi connectivity index (χ0) is 23.7. The van der Waals surface area contributed by atoms with Crippen LogP contribution in [0.3, 0.4) is 0 Å². The lowest BCUT2D eigenvalue weighted by molar-refractivity contribution is -0.145. The van der Waals surface area contributed by atoms with E-state index >= 15 is 0 Å². The maximum Gasteiger partial charge on any atom is 0.252 e. The molecular weight excluding hydrogens is 400 g/mol. The highest BCUT2D eigenvalue weighted by molar-refractivity contribution is 5.90. The number of nitrogens with one attached hydrogen (secondary N) is 4. The molecule has 0 aromatic carbocycles. The van der Waals surface area contributed by atoms with E-state index in [4.69, 9.17) is 10.2 Å². The van der Waals surface area contributed by atoms with Crippen molar-refractivity contribution in [2.24, 2.45) is 0 Å². The van der Waals surface area contributed by atoms with Gasteiger partial charge in [0.2, 0.25) is 11.8 Å². The summed E-state index contributed by atoms with van der Waals surface area (Å²) in [6.07, 6.45) is -2.12. The van der Waals surface area contributed by atoms with Gasteiger partial charge in [-0.2, -0.15) is 0 Å². The molecule has 168 valence electrons. The summed E-state index contributed by atoms with van der Waals surface area (Å²) in [5.41, 5.74) is 0.